The molecule has 3 aromatic rings. The van der Waals surface area contributed by atoms with Gasteiger partial charge in [0.15, 0.2) is 5.82 Å². The summed E-state index contributed by atoms with van der Waals surface area (Å²) in [6, 6.07) is 7.43. The van der Waals surface area contributed by atoms with Crippen molar-refractivity contribution in [3.63, 3.8) is 0 Å². The third kappa shape index (κ3) is 1.66. The molecule has 0 saturated heterocycles. The molecule has 4 rings (SSSR count). The molecule has 0 N–H and O–H groups in total. The number of aromatic nitrogens is 2. The van der Waals surface area contributed by atoms with Gasteiger partial charge in [-0.2, -0.15) is 4.98 Å². The van der Waals surface area contributed by atoms with Crippen LogP contribution in [0.1, 0.15) is 30.1 Å². The van der Waals surface area contributed by atoms with Gasteiger partial charge >= 0.3 is 5.63 Å². The molecule has 5 heteroatoms. The lowest BCUT2D eigenvalue weighted by Gasteiger charge is -2.03. The maximum Gasteiger partial charge on any atom is 0.349 e. The molecule has 20 heavy (non-hydrogen) atoms. The van der Waals surface area contributed by atoms with Crippen LogP contribution >= 0.6 is 0 Å². The zero-order valence-electron chi connectivity index (χ0n) is 10.9. The van der Waals surface area contributed by atoms with Crippen molar-refractivity contribution in [3.8, 4) is 11.5 Å². The van der Waals surface area contributed by atoms with Crippen LogP contribution in [0, 0.1) is 6.92 Å². The average molecular weight is 268 g/mol. The predicted octanol–water partition coefficient (Wildman–Crippen LogP) is 3.03. The Morgan fingerprint density at radius 3 is 2.85 bits per heavy atom. The van der Waals surface area contributed by atoms with Crippen LogP contribution < -0.4 is 5.63 Å². The first-order valence-corrected chi connectivity index (χ1v) is 6.60. The number of fused-ring (bicyclic) bond motifs is 1. The van der Waals surface area contributed by atoms with E-state index in [1.54, 1.807) is 6.07 Å². The highest BCUT2D eigenvalue weighted by molar-refractivity contribution is 5.84. The van der Waals surface area contributed by atoms with Crippen molar-refractivity contribution < 1.29 is 8.94 Å². The summed E-state index contributed by atoms with van der Waals surface area (Å²) in [6.45, 7) is 1.87. The van der Waals surface area contributed by atoms with E-state index in [1.807, 2.05) is 25.1 Å². The van der Waals surface area contributed by atoms with Gasteiger partial charge in [0.2, 0.25) is 0 Å². The highest BCUT2D eigenvalue weighted by Crippen LogP contribution is 2.39. The summed E-state index contributed by atoms with van der Waals surface area (Å²) in [7, 11) is 0. The fourth-order valence-corrected chi connectivity index (χ4v) is 2.40. The molecule has 0 amide bonds. The molecule has 5 nitrogen and oxygen atoms in total. The van der Waals surface area contributed by atoms with Crippen LogP contribution in [0.2, 0.25) is 0 Å². The second-order valence-electron chi connectivity index (χ2n) is 5.12. The second kappa shape index (κ2) is 4.03. The van der Waals surface area contributed by atoms with Crippen molar-refractivity contribution in [2.45, 2.75) is 25.7 Å². The first-order valence-electron chi connectivity index (χ1n) is 6.60. The molecular weight excluding hydrogens is 256 g/mol. The quantitative estimate of drug-likeness (QED) is 0.668. The Balaban J connectivity index is 1.95. The van der Waals surface area contributed by atoms with Crippen molar-refractivity contribution in [1.29, 1.82) is 0 Å². The van der Waals surface area contributed by atoms with Crippen LogP contribution in [0.25, 0.3) is 22.4 Å². The predicted molar refractivity (Wildman–Crippen MR) is 72.5 cm³/mol. The van der Waals surface area contributed by atoms with E-state index in [1.165, 1.54) is 0 Å². The van der Waals surface area contributed by atoms with Gasteiger partial charge in [-0.3, -0.25) is 0 Å². The largest absolute Gasteiger partial charge is 0.422 e. The Bertz CT molecular complexity index is 859. The summed E-state index contributed by atoms with van der Waals surface area (Å²) in [5, 5.41) is 4.83. The van der Waals surface area contributed by atoms with Gasteiger partial charge in [0.25, 0.3) is 5.89 Å². The van der Waals surface area contributed by atoms with Crippen LogP contribution in [0.15, 0.2) is 38.0 Å². The molecule has 2 heterocycles. The van der Waals surface area contributed by atoms with Crippen LogP contribution in [0.4, 0.5) is 0 Å². The molecule has 1 aliphatic rings. The van der Waals surface area contributed by atoms with E-state index < -0.39 is 5.63 Å². The normalized spacial score (nSPS) is 14.8. The lowest BCUT2D eigenvalue weighted by molar-refractivity contribution is 0.420. The second-order valence-corrected chi connectivity index (χ2v) is 5.12. The van der Waals surface area contributed by atoms with Crippen molar-refractivity contribution in [2.75, 3.05) is 0 Å². The van der Waals surface area contributed by atoms with Gasteiger partial charge in [0, 0.05) is 11.3 Å². The summed E-state index contributed by atoms with van der Waals surface area (Å²) < 4.78 is 10.6. The monoisotopic (exact) mass is 268 g/mol. The number of benzene rings is 1. The van der Waals surface area contributed by atoms with Crippen LogP contribution in [0.5, 0.6) is 0 Å². The van der Waals surface area contributed by atoms with Gasteiger partial charge in [0.05, 0.1) is 0 Å². The van der Waals surface area contributed by atoms with Crippen molar-refractivity contribution in [2.24, 2.45) is 0 Å². The molecule has 0 atom stereocenters. The van der Waals surface area contributed by atoms with Gasteiger partial charge in [-0.15, -0.1) is 0 Å². The molecule has 0 spiro atoms. The van der Waals surface area contributed by atoms with Gasteiger partial charge in [-0.25, -0.2) is 4.79 Å². The van der Waals surface area contributed by atoms with E-state index >= 15 is 0 Å². The maximum atomic E-state index is 12.2. The minimum absolute atomic E-state index is 0.254. The number of hydrogen-bond acceptors (Lipinski definition) is 5. The standard InChI is InChI=1S/C15H12N2O3/c1-8-10-4-2-3-5-11(10)19-15(18)12(8)14-16-13(17-20-14)9-6-7-9/h2-5,9H,6-7H2,1H3. The third-order valence-corrected chi connectivity index (χ3v) is 3.67. The number of para-hydroxylation sites is 1. The van der Waals surface area contributed by atoms with Gasteiger partial charge in [-0.05, 0) is 31.4 Å². The topological polar surface area (TPSA) is 69.1 Å². The Morgan fingerprint density at radius 1 is 1.25 bits per heavy atom. The molecule has 0 bridgehead atoms. The molecule has 0 aliphatic heterocycles. The highest BCUT2D eigenvalue weighted by atomic mass is 16.5. The first-order chi connectivity index (χ1) is 9.74. The first kappa shape index (κ1) is 11.4. The number of hydrogen-bond donors (Lipinski definition) is 0. The van der Waals surface area contributed by atoms with E-state index in [2.05, 4.69) is 10.1 Å². The summed E-state index contributed by atoms with van der Waals surface area (Å²) in [5.41, 5.74) is 1.30. The minimum atomic E-state index is -0.438. The van der Waals surface area contributed by atoms with Gasteiger partial charge in [-0.1, -0.05) is 23.4 Å². The Labute approximate surface area is 114 Å². The molecule has 100 valence electrons. The fraction of sp³-hybridized carbons (Fsp3) is 0.267. The molecule has 2 aromatic heterocycles. The molecular formula is C15H12N2O3. The average Bonchev–Trinajstić information content (AvgIpc) is 3.19. The summed E-state index contributed by atoms with van der Waals surface area (Å²) in [5.74, 6) is 1.33. The fourth-order valence-electron chi connectivity index (χ4n) is 2.40. The number of nitrogens with zero attached hydrogens (tertiary/aromatic N) is 2. The Hall–Kier alpha value is -2.43. The molecule has 0 radical (unpaired) electrons. The minimum Gasteiger partial charge on any atom is -0.422 e. The third-order valence-electron chi connectivity index (χ3n) is 3.67. The lowest BCUT2D eigenvalue weighted by atomic mass is 10.1. The summed E-state index contributed by atoms with van der Waals surface area (Å²) >= 11 is 0. The van der Waals surface area contributed by atoms with Crippen LogP contribution in [-0.2, 0) is 0 Å². The Morgan fingerprint density at radius 2 is 2.05 bits per heavy atom. The summed E-state index contributed by atoms with van der Waals surface area (Å²) in [4.78, 5) is 16.5. The van der Waals surface area contributed by atoms with E-state index in [-0.39, 0.29) is 5.89 Å². The lowest BCUT2D eigenvalue weighted by Crippen LogP contribution is -2.06. The molecule has 0 unspecified atom stereocenters. The molecule has 1 aromatic carbocycles. The van der Waals surface area contributed by atoms with Crippen molar-refractivity contribution in [1.82, 2.24) is 10.1 Å². The number of aryl methyl sites for hydroxylation is 1. The highest BCUT2D eigenvalue weighted by Gasteiger charge is 2.30. The SMILES string of the molecule is Cc1c(-c2nc(C3CC3)no2)c(=O)oc2ccccc12. The number of rotatable bonds is 2. The zero-order valence-corrected chi connectivity index (χ0v) is 10.9. The smallest absolute Gasteiger partial charge is 0.349 e. The maximum absolute atomic E-state index is 12.2. The van der Waals surface area contributed by atoms with E-state index in [0.29, 0.717) is 22.9 Å². The molecule has 1 aliphatic carbocycles. The zero-order chi connectivity index (χ0) is 13.7. The van der Waals surface area contributed by atoms with E-state index in [9.17, 15) is 4.79 Å². The molecule has 1 saturated carbocycles. The molecule has 1 fully saturated rings. The Kier molecular flexibility index (Phi) is 2.30. The van der Waals surface area contributed by atoms with Crippen molar-refractivity contribution >= 4 is 11.0 Å². The van der Waals surface area contributed by atoms with Crippen LogP contribution in [-0.4, -0.2) is 10.1 Å². The van der Waals surface area contributed by atoms with E-state index in [0.717, 1.165) is 23.8 Å². The van der Waals surface area contributed by atoms with E-state index in [4.69, 9.17) is 8.94 Å². The summed E-state index contributed by atoms with van der Waals surface area (Å²) in [6.07, 6.45) is 2.18. The van der Waals surface area contributed by atoms with Crippen LogP contribution in [0.3, 0.4) is 0 Å². The van der Waals surface area contributed by atoms with Gasteiger partial charge < -0.3 is 8.94 Å². The van der Waals surface area contributed by atoms with Crippen molar-refractivity contribution in [3.05, 3.63) is 46.1 Å². The van der Waals surface area contributed by atoms with Gasteiger partial charge in [0.1, 0.15) is 11.1 Å².